The summed E-state index contributed by atoms with van der Waals surface area (Å²) >= 11 is 0. The molecule has 0 radical (unpaired) electrons. The molecule has 1 saturated carbocycles. The van der Waals surface area contributed by atoms with Gasteiger partial charge in [0.25, 0.3) is 0 Å². The van der Waals surface area contributed by atoms with E-state index in [4.69, 9.17) is 0 Å². The van der Waals surface area contributed by atoms with E-state index in [0.29, 0.717) is 17.9 Å². The van der Waals surface area contributed by atoms with Crippen molar-refractivity contribution in [2.45, 2.75) is 18.4 Å². The molecule has 1 aromatic carbocycles. The number of rotatable bonds is 1. The van der Waals surface area contributed by atoms with E-state index in [2.05, 4.69) is 34.3 Å². The quantitative estimate of drug-likeness (QED) is 0.754. The third-order valence-electron chi connectivity index (χ3n) is 3.51. The van der Waals surface area contributed by atoms with Crippen LogP contribution in [0.25, 0.3) is 0 Å². The zero-order valence-electron chi connectivity index (χ0n) is 8.57. The van der Waals surface area contributed by atoms with Gasteiger partial charge in [-0.05, 0) is 23.5 Å². The molecule has 1 amide bonds. The van der Waals surface area contributed by atoms with Crippen molar-refractivity contribution in [2.24, 2.45) is 5.92 Å². The van der Waals surface area contributed by atoms with Crippen LogP contribution >= 0.6 is 0 Å². The fourth-order valence-electron chi connectivity index (χ4n) is 2.74. The molecule has 0 saturated heterocycles. The molecular weight excluding hydrogens is 190 g/mol. The third kappa shape index (κ3) is 1.23. The topological polar surface area (TPSA) is 38.3 Å². The van der Waals surface area contributed by atoms with Gasteiger partial charge in [0.2, 0.25) is 0 Å². The van der Waals surface area contributed by atoms with Gasteiger partial charge in [-0.1, -0.05) is 24.3 Å². The van der Waals surface area contributed by atoms with E-state index in [9.17, 15) is 4.79 Å². The molecule has 1 aromatic rings. The van der Waals surface area contributed by atoms with E-state index in [0.717, 1.165) is 6.42 Å². The summed E-state index contributed by atoms with van der Waals surface area (Å²) < 4.78 is 4.60. The van der Waals surface area contributed by atoms with Crippen molar-refractivity contribution < 1.29 is 9.53 Å². The van der Waals surface area contributed by atoms with E-state index >= 15 is 0 Å². The molecule has 3 heteroatoms. The number of methoxy groups -OCH3 is 1. The lowest BCUT2D eigenvalue weighted by Gasteiger charge is -2.08. The molecule has 0 heterocycles. The second-order valence-electron chi connectivity index (χ2n) is 4.25. The Bertz CT molecular complexity index is 416. The summed E-state index contributed by atoms with van der Waals surface area (Å²) in [6.07, 6.45) is 0.780. The molecule has 78 valence electrons. The Morgan fingerprint density at radius 1 is 1.47 bits per heavy atom. The minimum absolute atomic E-state index is 0.298. The van der Waals surface area contributed by atoms with Crippen LogP contribution in [0.3, 0.4) is 0 Å². The molecule has 0 spiro atoms. The molecular formula is C12H13NO2. The van der Waals surface area contributed by atoms with Crippen LogP contribution in [0.4, 0.5) is 4.79 Å². The summed E-state index contributed by atoms with van der Waals surface area (Å²) in [7, 11) is 1.40. The Labute approximate surface area is 88.4 Å². The standard InChI is InChI=1S/C12H13NO2/c1-15-12(14)13-11-9-6-7-4-2-3-5-8(7)10(9)11/h2-5,9-11H,6H2,1H3,(H,13,14). The Morgan fingerprint density at radius 3 is 3.07 bits per heavy atom. The highest BCUT2D eigenvalue weighted by molar-refractivity contribution is 5.69. The highest BCUT2D eigenvalue weighted by atomic mass is 16.5. The summed E-state index contributed by atoms with van der Waals surface area (Å²) in [4.78, 5) is 11.1. The third-order valence-corrected chi connectivity index (χ3v) is 3.51. The summed E-state index contributed by atoms with van der Waals surface area (Å²) in [6, 6.07) is 8.78. The number of carbonyl (C=O) groups excluding carboxylic acids is 1. The Kier molecular flexibility index (Phi) is 1.75. The lowest BCUT2D eigenvalue weighted by Crippen LogP contribution is -2.28. The predicted octanol–water partition coefficient (Wildman–Crippen LogP) is 1.68. The normalized spacial score (nSPS) is 30.3. The van der Waals surface area contributed by atoms with Crippen LogP contribution in [-0.2, 0) is 11.2 Å². The van der Waals surface area contributed by atoms with Gasteiger partial charge in [-0.25, -0.2) is 4.79 Å². The molecule has 1 fully saturated rings. The summed E-state index contributed by atoms with van der Waals surface area (Å²) in [6.45, 7) is 0. The van der Waals surface area contributed by atoms with Crippen molar-refractivity contribution in [3.8, 4) is 0 Å². The zero-order chi connectivity index (χ0) is 10.4. The first-order chi connectivity index (χ1) is 7.31. The highest BCUT2D eigenvalue weighted by Gasteiger charge is 2.56. The Balaban J connectivity index is 1.76. The lowest BCUT2D eigenvalue weighted by atomic mass is 10.1. The molecule has 2 aliphatic rings. The maximum atomic E-state index is 11.1. The highest BCUT2D eigenvalue weighted by Crippen LogP contribution is 2.56. The number of hydrogen-bond acceptors (Lipinski definition) is 2. The number of amides is 1. The average molecular weight is 203 g/mol. The molecule has 3 atom stereocenters. The van der Waals surface area contributed by atoms with Crippen LogP contribution in [0.5, 0.6) is 0 Å². The van der Waals surface area contributed by atoms with Crippen molar-refractivity contribution in [1.29, 1.82) is 0 Å². The first-order valence-electron chi connectivity index (χ1n) is 5.23. The van der Waals surface area contributed by atoms with Gasteiger partial charge in [0.1, 0.15) is 0 Å². The van der Waals surface area contributed by atoms with Crippen molar-refractivity contribution >= 4 is 6.09 Å². The summed E-state index contributed by atoms with van der Waals surface area (Å²) in [5, 5.41) is 2.89. The monoisotopic (exact) mass is 203 g/mol. The minimum atomic E-state index is -0.313. The number of alkyl carbamates (subject to hydrolysis) is 1. The molecule has 3 nitrogen and oxygen atoms in total. The van der Waals surface area contributed by atoms with E-state index in [1.54, 1.807) is 0 Å². The molecule has 3 rings (SSSR count). The van der Waals surface area contributed by atoms with Crippen molar-refractivity contribution in [2.75, 3.05) is 7.11 Å². The second kappa shape index (κ2) is 2.99. The van der Waals surface area contributed by atoms with Crippen molar-refractivity contribution in [3.05, 3.63) is 35.4 Å². The Morgan fingerprint density at radius 2 is 2.27 bits per heavy atom. The molecule has 2 aliphatic carbocycles. The van der Waals surface area contributed by atoms with Gasteiger partial charge >= 0.3 is 6.09 Å². The summed E-state index contributed by atoms with van der Waals surface area (Å²) in [5.74, 6) is 1.13. The van der Waals surface area contributed by atoms with Gasteiger partial charge in [-0.3, -0.25) is 0 Å². The number of benzene rings is 1. The van der Waals surface area contributed by atoms with Crippen molar-refractivity contribution in [1.82, 2.24) is 5.32 Å². The number of fused-ring (bicyclic) bond motifs is 3. The number of nitrogens with one attached hydrogen (secondary N) is 1. The van der Waals surface area contributed by atoms with E-state index in [1.807, 2.05) is 0 Å². The molecule has 0 bridgehead atoms. The predicted molar refractivity (Wildman–Crippen MR) is 55.7 cm³/mol. The molecule has 15 heavy (non-hydrogen) atoms. The van der Waals surface area contributed by atoms with Gasteiger partial charge in [0.15, 0.2) is 0 Å². The van der Waals surface area contributed by atoms with Crippen LogP contribution in [0, 0.1) is 5.92 Å². The van der Waals surface area contributed by atoms with Crippen LogP contribution < -0.4 is 5.32 Å². The molecule has 0 aromatic heterocycles. The van der Waals surface area contributed by atoms with Gasteiger partial charge in [-0.2, -0.15) is 0 Å². The van der Waals surface area contributed by atoms with Crippen LogP contribution in [0.15, 0.2) is 24.3 Å². The van der Waals surface area contributed by atoms with Crippen molar-refractivity contribution in [3.63, 3.8) is 0 Å². The lowest BCUT2D eigenvalue weighted by molar-refractivity contribution is 0.169. The number of ether oxygens (including phenoxy) is 1. The molecule has 1 N–H and O–H groups in total. The fraction of sp³-hybridized carbons (Fsp3) is 0.417. The molecule has 0 aliphatic heterocycles. The first-order valence-corrected chi connectivity index (χ1v) is 5.23. The van der Waals surface area contributed by atoms with E-state index in [1.165, 1.54) is 18.2 Å². The zero-order valence-corrected chi connectivity index (χ0v) is 8.57. The van der Waals surface area contributed by atoms with Crippen LogP contribution in [0.1, 0.15) is 17.0 Å². The number of hydrogen-bond donors (Lipinski definition) is 1. The maximum absolute atomic E-state index is 11.1. The van der Waals surface area contributed by atoms with Crippen LogP contribution in [-0.4, -0.2) is 19.2 Å². The van der Waals surface area contributed by atoms with Gasteiger partial charge < -0.3 is 10.1 Å². The average Bonchev–Trinajstić information content (AvgIpc) is 2.77. The SMILES string of the molecule is COC(=O)NC1C2Cc3ccccc3C21. The molecule has 3 unspecified atom stereocenters. The number of carbonyl (C=O) groups is 1. The van der Waals surface area contributed by atoms with Gasteiger partial charge in [0, 0.05) is 12.0 Å². The summed E-state index contributed by atoms with van der Waals surface area (Å²) in [5.41, 5.74) is 2.85. The van der Waals surface area contributed by atoms with E-state index in [-0.39, 0.29) is 6.09 Å². The maximum Gasteiger partial charge on any atom is 0.407 e. The van der Waals surface area contributed by atoms with Gasteiger partial charge in [0.05, 0.1) is 7.11 Å². The Hall–Kier alpha value is -1.51. The van der Waals surface area contributed by atoms with Gasteiger partial charge in [-0.15, -0.1) is 0 Å². The van der Waals surface area contributed by atoms with E-state index < -0.39 is 0 Å². The minimum Gasteiger partial charge on any atom is -0.453 e. The second-order valence-corrected chi connectivity index (χ2v) is 4.25. The fourth-order valence-corrected chi connectivity index (χ4v) is 2.74. The largest absolute Gasteiger partial charge is 0.453 e. The first kappa shape index (κ1) is 8.77. The smallest absolute Gasteiger partial charge is 0.407 e. The van der Waals surface area contributed by atoms with Crippen LogP contribution in [0.2, 0.25) is 0 Å².